The van der Waals surface area contributed by atoms with Crippen LogP contribution in [-0.4, -0.2) is 43.0 Å². The Hall–Kier alpha value is -1.59. The zero-order chi connectivity index (χ0) is 15.7. The van der Waals surface area contributed by atoms with Crippen LogP contribution >= 0.6 is 11.6 Å². The topological polar surface area (TPSA) is 57.2 Å². The van der Waals surface area contributed by atoms with Gasteiger partial charge in [0.15, 0.2) is 6.54 Å². The van der Waals surface area contributed by atoms with E-state index in [0.29, 0.717) is 18.2 Å². The average Bonchev–Trinajstić information content (AvgIpc) is 3.23. The summed E-state index contributed by atoms with van der Waals surface area (Å²) >= 11 is 6.12. The van der Waals surface area contributed by atoms with Gasteiger partial charge in [-0.3, -0.25) is 14.5 Å². The van der Waals surface area contributed by atoms with Crippen molar-refractivity contribution in [3.05, 3.63) is 28.8 Å². The lowest BCUT2D eigenvalue weighted by Crippen LogP contribution is -2.87. The van der Waals surface area contributed by atoms with Crippen molar-refractivity contribution in [1.82, 2.24) is 4.90 Å². The molecule has 22 heavy (non-hydrogen) atoms. The van der Waals surface area contributed by atoms with Crippen LogP contribution in [0.15, 0.2) is 18.2 Å². The maximum Gasteiger partial charge on any atom is 0.279 e. The van der Waals surface area contributed by atoms with Gasteiger partial charge in [0.1, 0.15) is 13.2 Å². The van der Waals surface area contributed by atoms with Gasteiger partial charge >= 0.3 is 0 Å². The third kappa shape index (κ3) is 3.25. The smallest absolute Gasteiger partial charge is 0.279 e. The minimum Gasteiger partial charge on any atom is -0.338 e. The van der Waals surface area contributed by atoms with Crippen LogP contribution in [0.3, 0.4) is 0 Å². The minimum atomic E-state index is -0.0547. The van der Waals surface area contributed by atoms with Gasteiger partial charge in [-0.25, -0.2) is 0 Å². The van der Waals surface area contributed by atoms with Gasteiger partial charge in [0.05, 0.1) is 6.54 Å². The van der Waals surface area contributed by atoms with E-state index in [9.17, 15) is 9.59 Å². The van der Waals surface area contributed by atoms with Crippen LogP contribution in [0.25, 0.3) is 0 Å². The number of benzene rings is 1. The molecule has 1 heterocycles. The molecule has 118 valence electrons. The number of hydrogen-bond donors (Lipinski definition) is 1. The second-order valence-corrected chi connectivity index (χ2v) is 6.52. The molecule has 2 N–H and O–H groups in total. The summed E-state index contributed by atoms with van der Waals surface area (Å²) in [7, 11) is 0. The third-order valence-corrected chi connectivity index (χ3v) is 4.75. The van der Waals surface area contributed by atoms with E-state index in [1.54, 1.807) is 15.9 Å². The third-order valence-electron chi connectivity index (χ3n) is 4.34. The lowest BCUT2D eigenvalue weighted by molar-refractivity contribution is -0.647. The molecule has 1 aromatic rings. The van der Waals surface area contributed by atoms with Gasteiger partial charge in [0, 0.05) is 16.6 Å². The van der Waals surface area contributed by atoms with Gasteiger partial charge in [0.2, 0.25) is 5.91 Å². The molecule has 0 bridgehead atoms. The van der Waals surface area contributed by atoms with Crippen molar-refractivity contribution in [3.63, 3.8) is 0 Å². The molecule has 1 aliphatic carbocycles. The van der Waals surface area contributed by atoms with E-state index in [4.69, 9.17) is 11.6 Å². The van der Waals surface area contributed by atoms with E-state index in [-0.39, 0.29) is 18.4 Å². The van der Waals surface area contributed by atoms with E-state index >= 15 is 0 Å². The molecule has 0 unspecified atom stereocenters. The highest BCUT2D eigenvalue weighted by atomic mass is 35.5. The summed E-state index contributed by atoms with van der Waals surface area (Å²) < 4.78 is 0. The summed E-state index contributed by atoms with van der Waals surface area (Å²) in [6.07, 6.45) is 2.57. The fourth-order valence-corrected chi connectivity index (χ4v) is 2.91. The van der Waals surface area contributed by atoms with Crippen LogP contribution in [0, 0.1) is 12.8 Å². The first-order valence-corrected chi connectivity index (χ1v) is 8.09. The number of nitrogens with zero attached hydrogens (tertiary/aromatic N) is 2. The van der Waals surface area contributed by atoms with Gasteiger partial charge < -0.3 is 10.2 Å². The first-order chi connectivity index (χ1) is 10.6. The van der Waals surface area contributed by atoms with Crippen molar-refractivity contribution in [3.8, 4) is 0 Å². The lowest BCUT2D eigenvalue weighted by atomic mass is 10.2. The summed E-state index contributed by atoms with van der Waals surface area (Å²) in [4.78, 5) is 27.7. The molecule has 2 aliphatic rings. The molecule has 1 aromatic carbocycles. The van der Waals surface area contributed by atoms with Gasteiger partial charge in [0.25, 0.3) is 5.91 Å². The Kier molecular flexibility index (Phi) is 4.36. The molecule has 1 saturated heterocycles. The van der Waals surface area contributed by atoms with Crippen molar-refractivity contribution in [2.45, 2.75) is 19.8 Å². The fourth-order valence-electron chi connectivity index (χ4n) is 2.74. The van der Waals surface area contributed by atoms with Crippen LogP contribution < -0.4 is 10.2 Å². The molecule has 3 rings (SSSR count). The molecule has 0 atom stereocenters. The highest BCUT2D eigenvalue weighted by Crippen LogP contribution is 2.28. The molecule has 0 radical (unpaired) electrons. The lowest BCUT2D eigenvalue weighted by Gasteiger charge is -2.20. The highest BCUT2D eigenvalue weighted by molar-refractivity contribution is 6.31. The van der Waals surface area contributed by atoms with Gasteiger partial charge in [-0.05, 0) is 37.5 Å². The number of quaternary nitrogens is 1. The Morgan fingerprint density at radius 2 is 2.18 bits per heavy atom. The number of carbonyl (C=O) groups excluding carboxylic acids is 2. The molecule has 2 amide bonds. The maximum atomic E-state index is 12.2. The number of nitrogens with two attached hydrogens (primary N) is 1. The molecule has 0 spiro atoms. The number of rotatable bonds is 5. The number of halogens is 1. The first-order valence-electron chi connectivity index (χ1n) is 7.71. The van der Waals surface area contributed by atoms with Crippen LogP contribution in [0.2, 0.25) is 5.02 Å². The standard InChI is InChI=1S/C16H20ClN3O2/c1-11-13(17)3-2-4-14(11)20-10-19(9-16(20)22)15(21)8-18-7-12-5-6-12/h2-4,12,18H,5-10H2,1H3/p+1. The molecule has 6 heteroatoms. The Labute approximate surface area is 135 Å². The normalized spacial score (nSPS) is 18.2. The summed E-state index contributed by atoms with van der Waals surface area (Å²) in [5.41, 5.74) is 1.65. The summed E-state index contributed by atoms with van der Waals surface area (Å²) in [5, 5.41) is 2.69. The Bertz CT molecular complexity index is 601. The SMILES string of the molecule is Cc1c(Cl)cccc1N1CN(C(=O)C[NH2+]CC2CC2)CC1=O. The Balaban J connectivity index is 1.62. The number of hydrogen-bond acceptors (Lipinski definition) is 2. The summed E-state index contributed by atoms with van der Waals surface area (Å²) in [5.74, 6) is 0.760. The zero-order valence-corrected chi connectivity index (χ0v) is 13.5. The second-order valence-electron chi connectivity index (χ2n) is 6.11. The fraction of sp³-hybridized carbons (Fsp3) is 0.500. The predicted molar refractivity (Wildman–Crippen MR) is 84.6 cm³/mol. The quantitative estimate of drug-likeness (QED) is 0.870. The largest absolute Gasteiger partial charge is 0.338 e. The summed E-state index contributed by atoms with van der Waals surface area (Å²) in [6, 6.07) is 5.49. The van der Waals surface area contributed by atoms with Gasteiger partial charge in [-0.2, -0.15) is 0 Å². The Morgan fingerprint density at radius 3 is 2.91 bits per heavy atom. The van der Waals surface area contributed by atoms with E-state index in [0.717, 1.165) is 23.7 Å². The van der Waals surface area contributed by atoms with Gasteiger partial charge in [-0.1, -0.05) is 17.7 Å². The molecular formula is C16H21ClN3O2+. The molecule has 2 fully saturated rings. The van der Waals surface area contributed by atoms with Crippen LogP contribution in [0.5, 0.6) is 0 Å². The zero-order valence-electron chi connectivity index (χ0n) is 12.7. The molecule has 5 nitrogen and oxygen atoms in total. The van der Waals surface area contributed by atoms with E-state index in [2.05, 4.69) is 5.32 Å². The van der Waals surface area contributed by atoms with Crippen molar-refractivity contribution >= 4 is 29.1 Å². The first kappa shape index (κ1) is 15.3. The predicted octanol–water partition coefficient (Wildman–Crippen LogP) is 0.755. The summed E-state index contributed by atoms with van der Waals surface area (Å²) in [6.45, 7) is 3.80. The van der Waals surface area contributed by atoms with Crippen LogP contribution in [0.4, 0.5) is 5.69 Å². The number of anilines is 1. The molecule has 0 aromatic heterocycles. The average molecular weight is 323 g/mol. The minimum absolute atomic E-state index is 0.0242. The van der Waals surface area contributed by atoms with Crippen molar-refractivity contribution in [1.29, 1.82) is 0 Å². The van der Waals surface area contributed by atoms with Crippen molar-refractivity contribution in [2.24, 2.45) is 5.92 Å². The van der Waals surface area contributed by atoms with Crippen LogP contribution in [-0.2, 0) is 9.59 Å². The molecule has 1 aliphatic heterocycles. The van der Waals surface area contributed by atoms with E-state index < -0.39 is 0 Å². The van der Waals surface area contributed by atoms with Gasteiger partial charge in [-0.15, -0.1) is 0 Å². The van der Waals surface area contributed by atoms with E-state index in [1.807, 2.05) is 19.1 Å². The van der Waals surface area contributed by atoms with E-state index in [1.165, 1.54) is 12.8 Å². The molecular weight excluding hydrogens is 302 g/mol. The maximum absolute atomic E-state index is 12.2. The number of amides is 2. The van der Waals surface area contributed by atoms with Crippen molar-refractivity contribution < 1.29 is 14.9 Å². The number of carbonyl (C=O) groups is 2. The molecule has 1 saturated carbocycles. The van der Waals surface area contributed by atoms with Crippen molar-refractivity contribution in [2.75, 3.05) is 31.2 Å². The monoisotopic (exact) mass is 322 g/mol. The van der Waals surface area contributed by atoms with Crippen LogP contribution in [0.1, 0.15) is 18.4 Å². The Morgan fingerprint density at radius 1 is 1.41 bits per heavy atom. The second kappa shape index (κ2) is 6.26. The highest BCUT2D eigenvalue weighted by Gasteiger charge is 2.33.